The number of aryl methyl sites for hydroxylation is 2. The molecular weight excluding hydrogens is 350 g/mol. The van der Waals surface area contributed by atoms with E-state index in [4.69, 9.17) is 11.6 Å². The number of aromatic nitrogens is 2. The van der Waals surface area contributed by atoms with E-state index in [1.807, 2.05) is 19.9 Å². The van der Waals surface area contributed by atoms with Crippen LogP contribution in [-0.2, 0) is 0 Å². The highest BCUT2D eigenvalue weighted by molar-refractivity contribution is 6.30. The SMILES string of the molecule is CCN1CCN(c2nc(C)cc(C(=O)Nc3ccc(Cl)cc3C)n2)CC1. The first-order valence-corrected chi connectivity index (χ1v) is 9.24. The van der Waals surface area contributed by atoms with Gasteiger partial charge in [-0.15, -0.1) is 0 Å². The van der Waals surface area contributed by atoms with Gasteiger partial charge in [-0.1, -0.05) is 18.5 Å². The van der Waals surface area contributed by atoms with E-state index in [2.05, 4.69) is 32.0 Å². The third-order valence-electron chi connectivity index (χ3n) is 4.61. The zero-order valence-electron chi connectivity index (χ0n) is 15.4. The number of benzene rings is 1. The molecule has 0 bridgehead atoms. The fourth-order valence-corrected chi connectivity index (χ4v) is 3.26. The van der Waals surface area contributed by atoms with Gasteiger partial charge in [0.25, 0.3) is 5.91 Å². The number of nitrogens with one attached hydrogen (secondary N) is 1. The van der Waals surface area contributed by atoms with Crippen LogP contribution in [-0.4, -0.2) is 53.5 Å². The molecule has 0 unspecified atom stereocenters. The molecule has 0 aliphatic carbocycles. The van der Waals surface area contributed by atoms with Gasteiger partial charge in [-0.25, -0.2) is 9.97 Å². The van der Waals surface area contributed by atoms with Crippen LogP contribution < -0.4 is 10.2 Å². The predicted molar refractivity (Wildman–Crippen MR) is 105 cm³/mol. The molecule has 1 saturated heterocycles. The molecule has 1 aromatic carbocycles. The minimum Gasteiger partial charge on any atom is -0.338 e. The van der Waals surface area contributed by atoms with Crippen molar-refractivity contribution >= 4 is 29.1 Å². The maximum Gasteiger partial charge on any atom is 0.274 e. The Morgan fingerprint density at radius 3 is 2.54 bits per heavy atom. The summed E-state index contributed by atoms with van der Waals surface area (Å²) in [6, 6.07) is 7.09. The number of hydrogen-bond acceptors (Lipinski definition) is 5. The molecular formula is C19H24ClN5O. The van der Waals surface area contributed by atoms with Gasteiger partial charge in [-0.3, -0.25) is 4.79 Å². The molecule has 2 aromatic rings. The van der Waals surface area contributed by atoms with Gasteiger partial charge in [-0.05, 0) is 50.2 Å². The molecule has 1 fully saturated rings. The summed E-state index contributed by atoms with van der Waals surface area (Å²) in [7, 11) is 0. The van der Waals surface area contributed by atoms with Crippen LogP contribution in [0.25, 0.3) is 0 Å². The van der Waals surface area contributed by atoms with Crippen molar-refractivity contribution < 1.29 is 4.79 Å². The van der Waals surface area contributed by atoms with E-state index >= 15 is 0 Å². The van der Waals surface area contributed by atoms with Crippen molar-refractivity contribution in [3.8, 4) is 0 Å². The van der Waals surface area contributed by atoms with Gasteiger partial charge in [0, 0.05) is 42.6 Å². The normalized spacial score (nSPS) is 15.2. The number of piperazine rings is 1. The van der Waals surface area contributed by atoms with Crippen molar-refractivity contribution in [1.29, 1.82) is 0 Å². The predicted octanol–water partition coefficient (Wildman–Crippen LogP) is 3.14. The van der Waals surface area contributed by atoms with Crippen LogP contribution in [0.1, 0.15) is 28.7 Å². The van der Waals surface area contributed by atoms with Crippen LogP contribution in [0.15, 0.2) is 24.3 Å². The molecule has 0 atom stereocenters. The fourth-order valence-electron chi connectivity index (χ4n) is 3.03. The van der Waals surface area contributed by atoms with Crippen molar-refractivity contribution in [2.75, 3.05) is 42.9 Å². The smallest absolute Gasteiger partial charge is 0.274 e. The molecule has 1 aliphatic rings. The quantitative estimate of drug-likeness (QED) is 0.892. The van der Waals surface area contributed by atoms with Crippen molar-refractivity contribution in [2.45, 2.75) is 20.8 Å². The lowest BCUT2D eigenvalue weighted by atomic mass is 10.2. The van der Waals surface area contributed by atoms with Gasteiger partial charge in [0.1, 0.15) is 5.69 Å². The molecule has 1 aliphatic heterocycles. The van der Waals surface area contributed by atoms with E-state index in [1.54, 1.807) is 18.2 Å². The summed E-state index contributed by atoms with van der Waals surface area (Å²) >= 11 is 5.98. The molecule has 1 amide bonds. The summed E-state index contributed by atoms with van der Waals surface area (Å²) in [5, 5.41) is 3.56. The molecule has 0 saturated carbocycles. The summed E-state index contributed by atoms with van der Waals surface area (Å²) in [4.78, 5) is 26.2. The lowest BCUT2D eigenvalue weighted by Gasteiger charge is -2.34. The summed E-state index contributed by atoms with van der Waals surface area (Å²) in [5.74, 6) is 0.382. The largest absolute Gasteiger partial charge is 0.338 e. The van der Waals surface area contributed by atoms with E-state index in [0.29, 0.717) is 16.7 Å². The molecule has 6 nitrogen and oxygen atoms in total. The van der Waals surface area contributed by atoms with Crippen LogP contribution in [0.2, 0.25) is 5.02 Å². The standard InChI is InChI=1S/C19H24ClN5O/c1-4-24-7-9-25(10-8-24)19-21-14(3)12-17(23-19)18(26)22-16-6-5-15(20)11-13(16)2/h5-6,11-12H,4,7-10H2,1-3H3,(H,22,26). The topological polar surface area (TPSA) is 61.4 Å². The summed E-state index contributed by atoms with van der Waals surface area (Å²) in [5.41, 5.74) is 2.80. The third kappa shape index (κ3) is 4.31. The van der Waals surface area contributed by atoms with Crippen LogP contribution >= 0.6 is 11.6 Å². The van der Waals surface area contributed by atoms with E-state index < -0.39 is 0 Å². The Kier molecular flexibility index (Phi) is 5.74. The van der Waals surface area contributed by atoms with Gasteiger partial charge in [0.2, 0.25) is 5.95 Å². The Labute approximate surface area is 159 Å². The summed E-state index contributed by atoms with van der Waals surface area (Å²) in [6.07, 6.45) is 0. The van der Waals surface area contributed by atoms with Crippen LogP contribution in [0.3, 0.4) is 0 Å². The first-order valence-electron chi connectivity index (χ1n) is 8.86. The highest BCUT2D eigenvalue weighted by Gasteiger charge is 2.20. The number of likely N-dealkylation sites (N-methyl/N-ethyl adjacent to an activating group) is 1. The Morgan fingerprint density at radius 2 is 1.88 bits per heavy atom. The fraction of sp³-hybridized carbons (Fsp3) is 0.421. The second-order valence-corrected chi connectivity index (χ2v) is 6.97. The average Bonchev–Trinajstić information content (AvgIpc) is 2.63. The first-order chi connectivity index (χ1) is 12.5. The lowest BCUT2D eigenvalue weighted by molar-refractivity contribution is 0.102. The number of hydrogen-bond donors (Lipinski definition) is 1. The van der Waals surface area contributed by atoms with Crippen molar-refractivity contribution in [2.24, 2.45) is 0 Å². The van der Waals surface area contributed by atoms with E-state index in [0.717, 1.165) is 49.7 Å². The second kappa shape index (κ2) is 8.01. The van der Waals surface area contributed by atoms with Gasteiger partial charge in [-0.2, -0.15) is 0 Å². The number of carbonyl (C=O) groups is 1. The van der Waals surface area contributed by atoms with Crippen molar-refractivity contribution in [1.82, 2.24) is 14.9 Å². The van der Waals surface area contributed by atoms with E-state index in [1.165, 1.54) is 0 Å². The number of nitrogens with zero attached hydrogens (tertiary/aromatic N) is 4. The monoisotopic (exact) mass is 373 g/mol. The highest BCUT2D eigenvalue weighted by atomic mass is 35.5. The van der Waals surface area contributed by atoms with E-state index in [9.17, 15) is 4.79 Å². The number of anilines is 2. The van der Waals surface area contributed by atoms with Gasteiger partial charge in [0.05, 0.1) is 0 Å². The average molecular weight is 374 g/mol. The van der Waals surface area contributed by atoms with Crippen LogP contribution in [0.4, 0.5) is 11.6 Å². The Bertz CT molecular complexity index is 803. The van der Waals surface area contributed by atoms with Crippen molar-refractivity contribution in [3.05, 3.63) is 46.2 Å². The summed E-state index contributed by atoms with van der Waals surface area (Å²) < 4.78 is 0. The molecule has 0 radical (unpaired) electrons. The molecule has 0 spiro atoms. The summed E-state index contributed by atoms with van der Waals surface area (Å²) in [6.45, 7) is 10.7. The minimum absolute atomic E-state index is 0.241. The number of rotatable bonds is 4. The maximum atomic E-state index is 12.7. The number of carbonyl (C=O) groups excluding carboxylic acids is 1. The molecule has 1 aromatic heterocycles. The molecule has 26 heavy (non-hydrogen) atoms. The Morgan fingerprint density at radius 1 is 1.15 bits per heavy atom. The molecule has 2 heterocycles. The molecule has 138 valence electrons. The van der Waals surface area contributed by atoms with Gasteiger partial charge < -0.3 is 15.1 Å². The molecule has 3 rings (SSSR count). The van der Waals surface area contributed by atoms with Crippen molar-refractivity contribution in [3.63, 3.8) is 0 Å². The number of halogens is 1. The molecule has 1 N–H and O–H groups in total. The lowest BCUT2D eigenvalue weighted by Crippen LogP contribution is -2.47. The maximum absolute atomic E-state index is 12.7. The first kappa shape index (κ1) is 18.6. The zero-order chi connectivity index (χ0) is 18.7. The highest BCUT2D eigenvalue weighted by Crippen LogP contribution is 2.21. The zero-order valence-corrected chi connectivity index (χ0v) is 16.2. The van der Waals surface area contributed by atoms with Gasteiger partial charge in [0.15, 0.2) is 0 Å². The van der Waals surface area contributed by atoms with Crippen LogP contribution in [0.5, 0.6) is 0 Å². The molecule has 7 heteroatoms. The Balaban J connectivity index is 1.77. The second-order valence-electron chi connectivity index (χ2n) is 6.53. The number of amides is 1. The third-order valence-corrected chi connectivity index (χ3v) is 4.85. The Hall–Kier alpha value is -2.18. The van der Waals surface area contributed by atoms with E-state index in [-0.39, 0.29) is 5.91 Å². The minimum atomic E-state index is -0.241. The van der Waals surface area contributed by atoms with Gasteiger partial charge >= 0.3 is 0 Å². The van der Waals surface area contributed by atoms with Crippen LogP contribution in [0, 0.1) is 13.8 Å².